The number of halogens is 1. The predicted molar refractivity (Wildman–Crippen MR) is 88.6 cm³/mol. The molecule has 0 spiro atoms. The lowest BCUT2D eigenvalue weighted by molar-refractivity contribution is 0.505. The summed E-state index contributed by atoms with van der Waals surface area (Å²) < 4.78 is 0. The Morgan fingerprint density at radius 2 is 1.86 bits per heavy atom. The lowest BCUT2D eigenvalue weighted by atomic mass is 9.84. The maximum Gasteiger partial charge on any atom is 0.0346 e. The van der Waals surface area contributed by atoms with Crippen LogP contribution >= 0.6 is 12.4 Å². The lowest BCUT2D eigenvalue weighted by Crippen LogP contribution is -2.21. The molecule has 3 heterocycles. The molecule has 0 amide bonds. The molecule has 1 aromatic heterocycles. The van der Waals surface area contributed by atoms with E-state index in [0.717, 1.165) is 11.7 Å². The summed E-state index contributed by atoms with van der Waals surface area (Å²) in [6, 6.07) is 11.7. The van der Waals surface area contributed by atoms with E-state index in [1.54, 1.807) is 0 Å². The maximum atomic E-state index is 5.75. The molecule has 2 aliphatic heterocycles. The van der Waals surface area contributed by atoms with Crippen molar-refractivity contribution in [1.82, 2.24) is 10.3 Å². The smallest absolute Gasteiger partial charge is 0.0346 e. The molecule has 3 nitrogen and oxygen atoms in total. The number of nitrogen functional groups attached to an aromatic ring is 1. The zero-order chi connectivity index (χ0) is 13.5. The first kappa shape index (κ1) is 14.4. The number of rotatable bonds is 2. The molecule has 0 radical (unpaired) electrons. The van der Waals surface area contributed by atoms with Crippen molar-refractivity contribution in [1.29, 1.82) is 0 Å². The Kier molecular flexibility index (Phi) is 3.87. The molecule has 4 heteroatoms. The van der Waals surface area contributed by atoms with Crippen LogP contribution in [0.15, 0.2) is 42.7 Å². The van der Waals surface area contributed by atoms with Crippen molar-refractivity contribution in [3.05, 3.63) is 48.3 Å². The number of hydrogen-bond acceptors (Lipinski definition) is 3. The van der Waals surface area contributed by atoms with Gasteiger partial charge in [-0.05, 0) is 48.6 Å². The summed E-state index contributed by atoms with van der Waals surface area (Å²) in [6.45, 7) is 0. The number of hydrogen-bond donors (Lipinski definition) is 2. The highest BCUT2D eigenvalue weighted by atomic mass is 35.5. The fourth-order valence-electron chi connectivity index (χ4n) is 3.69. The van der Waals surface area contributed by atoms with E-state index in [1.807, 2.05) is 24.5 Å². The van der Waals surface area contributed by atoms with Gasteiger partial charge in [0, 0.05) is 41.6 Å². The number of nitrogens with one attached hydrogen (secondary N) is 1. The Morgan fingerprint density at radius 1 is 1.05 bits per heavy atom. The highest BCUT2D eigenvalue weighted by molar-refractivity contribution is 5.85. The molecule has 1 aromatic carbocycles. The van der Waals surface area contributed by atoms with E-state index in [-0.39, 0.29) is 12.4 Å². The molecule has 3 N–H and O–H groups in total. The molecule has 3 unspecified atom stereocenters. The highest BCUT2D eigenvalue weighted by Crippen LogP contribution is 2.40. The average molecular weight is 302 g/mol. The predicted octanol–water partition coefficient (Wildman–Crippen LogP) is 3.36. The van der Waals surface area contributed by atoms with Crippen LogP contribution in [0.3, 0.4) is 0 Å². The number of aromatic nitrogens is 1. The van der Waals surface area contributed by atoms with Crippen LogP contribution in [0.25, 0.3) is 11.1 Å². The van der Waals surface area contributed by atoms with E-state index in [2.05, 4.69) is 28.5 Å². The van der Waals surface area contributed by atoms with E-state index in [9.17, 15) is 0 Å². The van der Waals surface area contributed by atoms with Crippen molar-refractivity contribution in [3.63, 3.8) is 0 Å². The average Bonchev–Trinajstić information content (AvgIpc) is 3.11. The summed E-state index contributed by atoms with van der Waals surface area (Å²) in [6.07, 6.45) is 7.88. The third-order valence-corrected chi connectivity index (χ3v) is 4.73. The van der Waals surface area contributed by atoms with Crippen LogP contribution in [0.5, 0.6) is 0 Å². The minimum Gasteiger partial charge on any atom is -0.399 e. The van der Waals surface area contributed by atoms with Crippen LogP contribution in [0.4, 0.5) is 5.69 Å². The van der Waals surface area contributed by atoms with Gasteiger partial charge in [-0.2, -0.15) is 0 Å². The number of pyridine rings is 1. The maximum absolute atomic E-state index is 5.75. The van der Waals surface area contributed by atoms with E-state index >= 15 is 0 Å². The number of nitrogens with two attached hydrogens (primary N) is 1. The summed E-state index contributed by atoms with van der Waals surface area (Å²) in [5.74, 6) is 0.634. The van der Waals surface area contributed by atoms with Crippen LogP contribution in [0, 0.1) is 0 Å². The zero-order valence-corrected chi connectivity index (χ0v) is 12.6. The Morgan fingerprint density at radius 3 is 2.52 bits per heavy atom. The zero-order valence-electron chi connectivity index (χ0n) is 11.8. The van der Waals surface area contributed by atoms with Gasteiger partial charge in [0.05, 0.1) is 0 Å². The molecule has 4 rings (SSSR count). The molecule has 2 bridgehead atoms. The second-order valence-corrected chi connectivity index (χ2v) is 6.02. The third kappa shape index (κ3) is 2.63. The quantitative estimate of drug-likeness (QED) is 0.836. The molecule has 110 valence electrons. The van der Waals surface area contributed by atoms with Crippen molar-refractivity contribution in [3.8, 4) is 11.1 Å². The SMILES string of the molecule is Cl.Nc1ccc(-c2cncc(C3CC4CCC3N4)c2)cc1. The minimum absolute atomic E-state index is 0. The van der Waals surface area contributed by atoms with Crippen molar-refractivity contribution in [2.75, 3.05) is 5.73 Å². The summed E-state index contributed by atoms with van der Waals surface area (Å²) in [4.78, 5) is 4.45. The first-order valence-corrected chi connectivity index (χ1v) is 7.36. The fourth-order valence-corrected chi connectivity index (χ4v) is 3.69. The van der Waals surface area contributed by atoms with E-state index in [4.69, 9.17) is 5.73 Å². The van der Waals surface area contributed by atoms with Gasteiger partial charge in [0.2, 0.25) is 0 Å². The molecular formula is C17H20ClN3. The summed E-state index contributed by atoms with van der Waals surface area (Å²) in [7, 11) is 0. The van der Waals surface area contributed by atoms with Crippen LogP contribution in [-0.2, 0) is 0 Å². The topological polar surface area (TPSA) is 50.9 Å². The number of nitrogens with zero attached hydrogens (tertiary/aromatic N) is 1. The molecule has 2 saturated heterocycles. The second-order valence-electron chi connectivity index (χ2n) is 6.02. The van der Waals surface area contributed by atoms with Crippen LogP contribution in [0.2, 0.25) is 0 Å². The van der Waals surface area contributed by atoms with Gasteiger partial charge in [-0.15, -0.1) is 12.4 Å². The van der Waals surface area contributed by atoms with Gasteiger partial charge in [0.25, 0.3) is 0 Å². The lowest BCUT2D eigenvalue weighted by Gasteiger charge is -2.20. The van der Waals surface area contributed by atoms with Gasteiger partial charge in [0.1, 0.15) is 0 Å². The summed E-state index contributed by atoms with van der Waals surface area (Å²) in [5, 5.41) is 3.70. The first-order chi connectivity index (χ1) is 9.79. The highest BCUT2D eigenvalue weighted by Gasteiger charge is 2.39. The van der Waals surface area contributed by atoms with Gasteiger partial charge >= 0.3 is 0 Å². The Bertz CT molecular complexity index is 626. The fraction of sp³-hybridized carbons (Fsp3) is 0.353. The number of benzene rings is 1. The molecule has 2 aliphatic rings. The Labute approximate surface area is 131 Å². The van der Waals surface area contributed by atoms with Gasteiger partial charge in [-0.25, -0.2) is 0 Å². The van der Waals surface area contributed by atoms with Gasteiger partial charge in [-0.3, -0.25) is 4.98 Å². The molecule has 21 heavy (non-hydrogen) atoms. The van der Waals surface area contributed by atoms with Gasteiger partial charge < -0.3 is 11.1 Å². The molecule has 0 saturated carbocycles. The van der Waals surface area contributed by atoms with E-state index in [0.29, 0.717) is 12.0 Å². The summed E-state index contributed by atoms with van der Waals surface area (Å²) >= 11 is 0. The molecule has 3 atom stereocenters. The van der Waals surface area contributed by atoms with E-state index in [1.165, 1.54) is 36.0 Å². The standard InChI is InChI=1S/C17H19N3.ClH/c18-14-3-1-11(2-4-14)12-7-13(10-19-9-12)16-8-15-5-6-17(16)20-15;/h1-4,7,9-10,15-17,20H,5-6,8,18H2;1H. The monoisotopic (exact) mass is 301 g/mol. The molecule has 2 fully saturated rings. The largest absolute Gasteiger partial charge is 0.399 e. The van der Waals surface area contributed by atoms with E-state index < -0.39 is 0 Å². The van der Waals surface area contributed by atoms with Gasteiger partial charge in [0.15, 0.2) is 0 Å². The van der Waals surface area contributed by atoms with Crippen molar-refractivity contribution >= 4 is 18.1 Å². The minimum atomic E-state index is 0. The third-order valence-electron chi connectivity index (χ3n) is 4.73. The number of fused-ring (bicyclic) bond motifs is 2. The number of anilines is 1. The van der Waals surface area contributed by atoms with Gasteiger partial charge in [-0.1, -0.05) is 12.1 Å². The van der Waals surface area contributed by atoms with Crippen molar-refractivity contribution < 1.29 is 0 Å². The second kappa shape index (κ2) is 5.66. The molecular weight excluding hydrogens is 282 g/mol. The van der Waals surface area contributed by atoms with Crippen molar-refractivity contribution in [2.45, 2.75) is 37.3 Å². The normalized spacial score (nSPS) is 26.6. The molecule has 0 aliphatic carbocycles. The van der Waals surface area contributed by atoms with Crippen molar-refractivity contribution in [2.24, 2.45) is 0 Å². The van der Waals surface area contributed by atoms with Crippen LogP contribution < -0.4 is 11.1 Å². The van der Waals surface area contributed by atoms with Crippen LogP contribution in [-0.4, -0.2) is 17.1 Å². The molecule has 2 aromatic rings. The summed E-state index contributed by atoms with van der Waals surface area (Å²) in [5.41, 5.74) is 10.3. The Balaban J connectivity index is 0.00000132. The first-order valence-electron chi connectivity index (χ1n) is 7.36. The Hall–Kier alpha value is -1.58. The van der Waals surface area contributed by atoms with Crippen LogP contribution in [0.1, 0.15) is 30.7 Å².